The maximum Gasteiger partial charge on any atom is 0.200 e. The number of aliphatic imine (C=N–C) groups is 1. The minimum Gasteiger partial charge on any atom is -0.502 e. The number of hydrogen-bond donors (Lipinski definition) is 2. The number of guanidine groups is 1. The van der Waals surface area contributed by atoms with E-state index in [2.05, 4.69) is 15.2 Å². The topological polar surface area (TPSA) is 66.3 Å². The SMILES string of the molecule is COc1cc(CNC2=NCCN2C)cc(OC)c1O. The lowest BCUT2D eigenvalue weighted by molar-refractivity contribution is 0.339. The van der Waals surface area contributed by atoms with Crippen LogP contribution in [-0.4, -0.2) is 50.3 Å². The summed E-state index contributed by atoms with van der Waals surface area (Å²) in [7, 11) is 5.03. The second-order valence-electron chi connectivity index (χ2n) is 4.33. The number of nitrogens with zero attached hydrogens (tertiary/aromatic N) is 2. The van der Waals surface area contributed by atoms with E-state index < -0.39 is 0 Å². The van der Waals surface area contributed by atoms with Gasteiger partial charge in [0.05, 0.1) is 20.8 Å². The van der Waals surface area contributed by atoms with Gasteiger partial charge in [-0.05, 0) is 17.7 Å². The first-order chi connectivity index (χ1) is 9.15. The molecule has 1 aliphatic heterocycles. The number of benzene rings is 1. The minimum absolute atomic E-state index is 0.0177. The lowest BCUT2D eigenvalue weighted by Crippen LogP contribution is -2.35. The molecule has 19 heavy (non-hydrogen) atoms. The molecule has 6 nitrogen and oxygen atoms in total. The molecule has 1 aliphatic rings. The number of phenolic OH excluding ortho intramolecular Hbond substituents is 1. The maximum absolute atomic E-state index is 9.83. The highest BCUT2D eigenvalue weighted by molar-refractivity contribution is 5.81. The highest BCUT2D eigenvalue weighted by Crippen LogP contribution is 2.36. The maximum atomic E-state index is 9.83. The number of hydrogen-bond acceptors (Lipinski definition) is 6. The highest BCUT2D eigenvalue weighted by atomic mass is 16.5. The predicted octanol–water partition coefficient (Wildman–Crippen LogP) is 0.800. The Hall–Kier alpha value is -2.11. The largest absolute Gasteiger partial charge is 0.502 e. The van der Waals surface area contributed by atoms with Crippen LogP contribution in [0.2, 0.25) is 0 Å². The van der Waals surface area contributed by atoms with Gasteiger partial charge in [0.1, 0.15) is 0 Å². The molecule has 0 amide bonds. The van der Waals surface area contributed by atoms with Gasteiger partial charge >= 0.3 is 0 Å². The summed E-state index contributed by atoms with van der Waals surface area (Å²) in [6.07, 6.45) is 0. The Bertz CT molecular complexity index is 463. The van der Waals surface area contributed by atoms with E-state index in [1.807, 2.05) is 7.05 Å². The second-order valence-corrected chi connectivity index (χ2v) is 4.33. The summed E-state index contributed by atoms with van der Waals surface area (Å²) < 4.78 is 10.2. The van der Waals surface area contributed by atoms with E-state index in [9.17, 15) is 5.11 Å². The van der Waals surface area contributed by atoms with Gasteiger partial charge < -0.3 is 24.8 Å². The smallest absolute Gasteiger partial charge is 0.200 e. The molecule has 1 heterocycles. The van der Waals surface area contributed by atoms with Crippen molar-refractivity contribution in [1.82, 2.24) is 10.2 Å². The van der Waals surface area contributed by atoms with Crippen LogP contribution in [0.1, 0.15) is 5.56 Å². The zero-order valence-electron chi connectivity index (χ0n) is 11.4. The third-order valence-corrected chi connectivity index (χ3v) is 3.05. The lowest BCUT2D eigenvalue weighted by atomic mass is 10.2. The molecule has 1 aromatic rings. The normalized spacial score (nSPS) is 14.3. The van der Waals surface area contributed by atoms with Gasteiger partial charge in [-0.15, -0.1) is 0 Å². The average molecular weight is 265 g/mol. The Labute approximate surface area is 112 Å². The summed E-state index contributed by atoms with van der Waals surface area (Å²) in [4.78, 5) is 6.42. The van der Waals surface area contributed by atoms with Crippen LogP contribution in [0.4, 0.5) is 0 Å². The summed E-state index contributed by atoms with van der Waals surface area (Å²) in [6.45, 7) is 2.35. The fourth-order valence-corrected chi connectivity index (χ4v) is 1.95. The average Bonchev–Trinajstić information content (AvgIpc) is 2.83. The number of rotatable bonds is 4. The molecule has 104 valence electrons. The summed E-state index contributed by atoms with van der Waals surface area (Å²) in [6, 6.07) is 3.56. The van der Waals surface area contributed by atoms with Gasteiger partial charge in [-0.25, -0.2) is 0 Å². The molecule has 0 aliphatic carbocycles. The number of ether oxygens (including phenoxy) is 2. The van der Waals surface area contributed by atoms with Crippen molar-refractivity contribution in [2.24, 2.45) is 4.99 Å². The van der Waals surface area contributed by atoms with Gasteiger partial charge in [0.2, 0.25) is 5.75 Å². The zero-order chi connectivity index (χ0) is 13.8. The second kappa shape index (κ2) is 5.69. The van der Waals surface area contributed by atoms with Crippen molar-refractivity contribution in [2.75, 3.05) is 34.4 Å². The number of phenols is 1. The lowest BCUT2D eigenvalue weighted by Gasteiger charge is -2.16. The Kier molecular flexibility index (Phi) is 3.99. The minimum atomic E-state index is 0.0177. The Morgan fingerprint density at radius 2 is 1.95 bits per heavy atom. The quantitative estimate of drug-likeness (QED) is 0.843. The number of nitrogens with one attached hydrogen (secondary N) is 1. The third kappa shape index (κ3) is 2.83. The number of aromatic hydroxyl groups is 1. The fourth-order valence-electron chi connectivity index (χ4n) is 1.95. The zero-order valence-corrected chi connectivity index (χ0v) is 11.4. The molecule has 0 atom stereocenters. The standard InChI is InChI=1S/C13H19N3O3/c1-16-5-4-14-13(16)15-8-9-6-10(18-2)12(17)11(7-9)19-3/h6-7,17H,4-5,8H2,1-3H3,(H,14,15). The van der Waals surface area contributed by atoms with Crippen LogP contribution in [-0.2, 0) is 6.54 Å². The van der Waals surface area contributed by atoms with Crippen molar-refractivity contribution in [2.45, 2.75) is 6.54 Å². The first-order valence-corrected chi connectivity index (χ1v) is 6.09. The molecule has 1 aromatic carbocycles. The van der Waals surface area contributed by atoms with E-state index in [-0.39, 0.29) is 5.75 Å². The number of likely N-dealkylation sites (N-methyl/N-ethyl adjacent to an activating group) is 1. The van der Waals surface area contributed by atoms with Gasteiger partial charge in [-0.1, -0.05) is 0 Å². The van der Waals surface area contributed by atoms with Crippen molar-refractivity contribution in [3.63, 3.8) is 0 Å². The molecule has 0 saturated heterocycles. The molecular weight excluding hydrogens is 246 g/mol. The van der Waals surface area contributed by atoms with Gasteiger partial charge in [-0.2, -0.15) is 0 Å². The van der Waals surface area contributed by atoms with Crippen LogP contribution >= 0.6 is 0 Å². The summed E-state index contributed by atoms with van der Waals surface area (Å²) >= 11 is 0. The molecular formula is C13H19N3O3. The van der Waals surface area contributed by atoms with Crippen molar-refractivity contribution >= 4 is 5.96 Å². The molecule has 0 unspecified atom stereocenters. The molecule has 0 bridgehead atoms. The summed E-state index contributed by atoms with van der Waals surface area (Å²) in [5.74, 6) is 1.70. The van der Waals surface area contributed by atoms with Gasteiger partial charge in [0.15, 0.2) is 17.5 Å². The molecule has 2 rings (SSSR count). The van der Waals surface area contributed by atoms with Gasteiger partial charge in [0, 0.05) is 20.1 Å². The van der Waals surface area contributed by atoms with Crippen molar-refractivity contribution in [1.29, 1.82) is 0 Å². The molecule has 0 saturated carbocycles. The first kappa shape index (κ1) is 13.3. The van der Waals surface area contributed by atoms with E-state index in [0.29, 0.717) is 18.0 Å². The third-order valence-electron chi connectivity index (χ3n) is 3.05. The van der Waals surface area contributed by atoms with Crippen molar-refractivity contribution in [3.05, 3.63) is 17.7 Å². The fraction of sp³-hybridized carbons (Fsp3) is 0.462. The Morgan fingerprint density at radius 3 is 2.42 bits per heavy atom. The van der Waals surface area contributed by atoms with Crippen LogP contribution in [0.25, 0.3) is 0 Å². The van der Waals surface area contributed by atoms with Crippen LogP contribution in [0.15, 0.2) is 17.1 Å². The molecule has 0 spiro atoms. The summed E-state index contributed by atoms with van der Waals surface area (Å²) in [5.41, 5.74) is 0.953. The molecule has 0 aromatic heterocycles. The van der Waals surface area contributed by atoms with Gasteiger partial charge in [0.25, 0.3) is 0 Å². The Morgan fingerprint density at radius 1 is 1.32 bits per heavy atom. The van der Waals surface area contributed by atoms with Crippen LogP contribution < -0.4 is 14.8 Å². The van der Waals surface area contributed by atoms with E-state index in [4.69, 9.17) is 9.47 Å². The first-order valence-electron chi connectivity index (χ1n) is 6.09. The monoisotopic (exact) mass is 265 g/mol. The van der Waals surface area contributed by atoms with Crippen LogP contribution in [0.5, 0.6) is 17.2 Å². The molecule has 6 heteroatoms. The van der Waals surface area contributed by atoms with Crippen molar-refractivity contribution < 1.29 is 14.6 Å². The molecule has 0 radical (unpaired) electrons. The van der Waals surface area contributed by atoms with E-state index in [1.165, 1.54) is 14.2 Å². The van der Waals surface area contributed by atoms with E-state index in [1.54, 1.807) is 12.1 Å². The predicted molar refractivity (Wildman–Crippen MR) is 73.0 cm³/mol. The van der Waals surface area contributed by atoms with Gasteiger partial charge in [-0.3, -0.25) is 4.99 Å². The van der Waals surface area contributed by atoms with Crippen LogP contribution in [0, 0.1) is 0 Å². The van der Waals surface area contributed by atoms with Crippen LogP contribution in [0.3, 0.4) is 0 Å². The molecule has 2 N–H and O–H groups in total. The van der Waals surface area contributed by atoms with E-state index in [0.717, 1.165) is 24.6 Å². The number of methoxy groups -OCH3 is 2. The van der Waals surface area contributed by atoms with Crippen molar-refractivity contribution in [3.8, 4) is 17.2 Å². The molecule has 0 fully saturated rings. The highest BCUT2D eigenvalue weighted by Gasteiger charge is 2.14. The Balaban J connectivity index is 2.12. The van der Waals surface area contributed by atoms with E-state index >= 15 is 0 Å². The summed E-state index contributed by atoms with van der Waals surface area (Å²) in [5, 5.41) is 13.1.